The minimum absolute atomic E-state index is 0.0110. The van der Waals surface area contributed by atoms with Crippen molar-refractivity contribution in [3.63, 3.8) is 0 Å². The predicted molar refractivity (Wildman–Crippen MR) is 90.0 cm³/mol. The van der Waals surface area contributed by atoms with E-state index in [0.717, 1.165) is 43.6 Å². The highest BCUT2D eigenvalue weighted by atomic mass is 16.2. The summed E-state index contributed by atoms with van der Waals surface area (Å²) in [7, 11) is 0. The SMILES string of the molecule is CC(=O)NCC(=O)NCC(=O)N1CCCC1CC1CC2CCC1C2. The van der Waals surface area contributed by atoms with E-state index in [-0.39, 0.29) is 30.8 Å². The molecule has 4 atom stereocenters. The molecule has 3 rings (SSSR count). The van der Waals surface area contributed by atoms with Gasteiger partial charge in [0.15, 0.2) is 0 Å². The molecule has 3 fully saturated rings. The van der Waals surface area contributed by atoms with E-state index in [1.54, 1.807) is 0 Å². The van der Waals surface area contributed by atoms with Crippen LogP contribution in [-0.4, -0.2) is 48.3 Å². The van der Waals surface area contributed by atoms with Crippen molar-refractivity contribution in [2.45, 2.75) is 57.9 Å². The smallest absolute Gasteiger partial charge is 0.242 e. The highest BCUT2D eigenvalue weighted by Gasteiger charge is 2.41. The van der Waals surface area contributed by atoms with Gasteiger partial charge in [-0.05, 0) is 56.3 Å². The summed E-state index contributed by atoms with van der Waals surface area (Å²) in [6.45, 7) is 2.14. The summed E-state index contributed by atoms with van der Waals surface area (Å²) >= 11 is 0. The number of likely N-dealkylation sites (tertiary alicyclic amines) is 1. The van der Waals surface area contributed by atoms with Crippen molar-refractivity contribution >= 4 is 17.7 Å². The van der Waals surface area contributed by atoms with Gasteiger partial charge in [-0.2, -0.15) is 0 Å². The molecule has 3 aliphatic rings. The van der Waals surface area contributed by atoms with Gasteiger partial charge in [-0.15, -0.1) is 0 Å². The molecule has 0 aromatic heterocycles. The van der Waals surface area contributed by atoms with Gasteiger partial charge in [-0.3, -0.25) is 14.4 Å². The predicted octanol–water partition coefficient (Wildman–Crippen LogP) is 1.06. The zero-order valence-corrected chi connectivity index (χ0v) is 14.6. The fraction of sp³-hybridized carbons (Fsp3) is 0.833. The fourth-order valence-corrected chi connectivity index (χ4v) is 4.97. The van der Waals surface area contributed by atoms with Crippen molar-refractivity contribution in [3.05, 3.63) is 0 Å². The van der Waals surface area contributed by atoms with Crippen LogP contribution in [0.15, 0.2) is 0 Å². The molecule has 0 aromatic carbocycles. The molecule has 2 bridgehead atoms. The maximum atomic E-state index is 12.5. The molecule has 0 aromatic rings. The summed E-state index contributed by atoms with van der Waals surface area (Å²) in [4.78, 5) is 36.8. The Kier molecular flexibility index (Phi) is 5.41. The number of fused-ring (bicyclic) bond motifs is 2. The Balaban J connectivity index is 1.43. The lowest BCUT2D eigenvalue weighted by atomic mass is 9.83. The molecular weight excluding hydrogens is 306 g/mol. The van der Waals surface area contributed by atoms with E-state index in [0.29, 0.717) is 6.04 Å². The van der Waals surface area contributed by atoms with Gasteiger partial charge in [0.25, 0.3) is 0 Å². The lowest BCUT2D eigenvalue weighted by molar-refractivity contribution is -0.133. The highest BCUT2D eigenvalue weighted by molar-refractivity contribution is 5.87. The van der Waals surface area contributed by atoms with E-state index in [1.807, 2.05) is 4.90 Å². The van der Waals surface area contributed by atoms with Crippen LogP contribution in [-0.2, 0) is 14.4 Å². The Labute approximate surface area is 143 Å². The first-order valence-corrected chi connectivity index (χ1v) is 9.33. The van der Waals surface area contributed by atoms with Gasteiger partial charge in [0.2, 0.25) is 17.7 Å². The summed E-state index contributed by atoms with van der Waals surface area (Å²) in [6, 6.07) is 0.356. The number of amides is 3. The first-order chi connectivity index (χ1) is 11.5. The van der Waals surface area contributed by atoms with Crippen LogP contribution >= 0.6 is 0 Å². The van der Waals surface area contributed by atoms with E-state index in [2.05, 4.69) is 10.6 Å². The zero-order valence-electron chi connectivity index (χ0n) is 14.6. The molecule has 1 heterocycles. The fourth-order valence-electron chi connectivity index (χ4n) is 4.97. The largest absolute Gasteiger partial charge is 0.347 e. The van der Waals surface area contributed by atoms with Crippen LogP contribution in [0.1, 0.15) is 51.9 Å². The normalized spacial score (nSPS) is 31.3. The number of hydrogen-bond acceptors (Lipinski definition) is 3. The molecule has 1 saturated heterocycles. The summed E-state index contributed by atoms with van der Waals surface area (Å²) in [6.07, 6.45) is 8.87. The summed E-state index contributed by atoms with van der Waals surface area (Å²) in [5.41, 5.74) is 0. The van der Waals surface area contributed by atoms with Crippen LogP contribution in [0.3, 0.4) is 0 Å². The molecule has 2 aliphatic carbocycles. The first-order valence-electron chi connectivity index (χ1n) is 9.33. The average molecular weight is 335 g/mol. The molecule has 6 nitrogen and oxygen atoms in total. The van der Waals surface area contributed by atoms with Gasteiger partial charge in [-0.25, -0.2) is 0 Å². The Morgan fingerprint density at radius 1 is 1.04 bits per heavy atom. The number of hydrogen-bond donors (Lipinski definition) is 2. The molecule has 0 radical (unpaired) electrons. The molecule has 2 N–H and O–H groups in total. The van der Waals surface area contributed by atoms with Gasteiger partial charge >= 0.3 is 0 Å². The second-order valence-corrected chi connectivity index (χ2v) is 7.74. The van der Waals surface area contributed by atoms with Crippen LogP contribution in [0.2, 0.25) is 0 Å². The maximum Gasteiger partial charge on any atom is 0.242 e. The lowest BCUT2D eigenvalue weighted by Gasteiger charge is -2.30. The third-order valence-corrected chi connectivity index (χ3v) is 6.09. The van der Waals surface area contributed by atoms with E-state index in [1.165, 1.54) is 32.6 Å². The monoisotopic (exact) mass is 335 g/mol. The molecular formula is C18H29N3O3. The topological polar surface area (TPSA) is 78.5 Å². The Morgan fingerprint density at radius 3 is 2.54 bits per heavy atom. The van der Waals surface area contributed by atoms with Crippen LogP contribution in [0.5, 0.6) is 0 Å². The highest BCUT2D eigenvalue weighted by Crippen LogP contribution is 2.50. The van der Waals surface area contributed by atoms with Crippen molar-refractivity contribution in [1.29, 1.82) is 0 Å². The van der Waals surface area contributed by atoms with Crippen LogP contribution in [0, 0.1) is 17.8 Å². The zero-order chi connectivity index (χ0) is 17.1. The van der Waals surface area contributed by atoms with Crippen LogP contribution in [0.4, 0.5) is 0 Å². The van der Waals surface area contributed by atoms with Gasteiger partial charge < -0.3 is 15.5 Å². The van der Waals surface area contributed by atoms with Crippen molar-refractivity contribution in [3.8, 4) is 0 Å². The quantitative estimate of drug-likeness (QED) is 0.762. The summed E-state index contributed by atoms with van der Waals surface area (Å²) in [5.74, 6) is 2.08. The molecule has 2 saturated carbocycles. The molecule has 4 unspecified atom stereocenters. The Morgan fingerprint density at radius 2 is 1.88 bits per heavy atom. The van der Waals surface area contributed by atoms with Gasteiger partial charge in [0.1, 0.15) is 0 Å². The van der Waals surface area contributed by atoms with Crippen molar-refractivity contribution < 1.29 is 14.4 Å². The van der Waals surface area contributed by atoms with Crippen molar-refractivity contribution in [2.24, 2.45) is 17.8 Å². The van der Waals surface area contributed by atoms with E-state index < -0.39 is 0 Å². The minimum Gasteiger partial charge on any atom is -0.347 e. The van der Waals surface area contributed by atoms with Gasteiger partial charge in [-0.1, -0.05) is 6.42 Å². The van der Waals surface area contributed by atoms with Crippen LogP contribution in [0.25, 0.3) is 0 Å². The number of carbonyl (C=O) groups is 3. The third kappa shape index (κ3) is 4.08. The van der Waals surface area contributed by atoms with E-state index in [9.17, 15) is 14.4 Å². The second-order valence-electron chi connectivity index (χ2n) is 7.74. The third-order valence-electron chi connectivity index (χ3n) is 6.09. The number of nitrogens with zero attached hydrogens (tertiary/aromatic N) is 1. The summed E-state index contributed by atoms with van der Waals surface area (Å²) < 4.78 is 0. The van der Waals surface area contributed by atoms with Crippen LogP contribution < -0.4 is 10.6 Å². The number of rotatable bonds is 6. The Hall–Kier alpha value is -1.59. The van der Waals surface area contributed by atoms with Crippen molar-refractivity contribution in [2.75, 3.05) is 19.6 Å². The molecule has 1 aliphatic heterocycles. The minimum atomic E-state index is -0.317. The van der Waals surface area contributed by atoms with Crippen molar-refractivity contribution in [1.82, 2.24) is 15.5 Å². The first kappa shape index (κ1) is 17.2. The molecule has 3 amide bonds. The lowest BCUT2D eigenvalue weighted by Crippen LogP contribution is -2.45. The average Bonchev–Trinajstić information content (AvgIpc) is 3.27. The molecule has 134 valence electrons. The summed E-state index contributed by atoms with van der Waals surface area (Å²) in [5, 5.41) is 5.05. The standard InChI is InChI=1S/C18H29N3O3/c1-12(22)19-10-17(23)20-11-18(24)21-6-2-3-16(21)9-15-8-13-4-5-14(15)7-13/h13-16H,2-11H2,1H3,(H,19,22)(H,20,23). The van der Waals surface area contributed by atoms with E-state index >= 15 is 0 Å². The Bertz CT molecular complexity index is 508. The second kappa shape index (κ2) is 7.53. The molecule has 0 spiro atoms. The number of nitrogens with one attached hydrogen (secondary N) is 2. The van der Waals surface area contributed by atoms with Gasteiger partial charge in [0.05, 0.1) is 13.1 Å². The van der Waals surface area contributed by atoms with E-state index in [4.69, 9.17) is 0 Å². The number of carbonyl (C=O) groups excluding carboxylic acids is 3. The molecule has 6 heteroatoms. The van der Waals surface area contributed by atoms with Gasteiger partial charge in [0, 0.05) is 19.5 Å². The maximum absolute atomic E-state index is 12.5. The molecule has 24 heavy (non-hydrogen) atoms.